The van der Waals surface area contributed by atoms with Crippen LogP contribution in [0.4, 0.5) is 0 Å². The summed E-state index contributed by atoms with van der Waals surface area (Å²) in [6.07, 6.45) is 16.5. The molecule has 8 nitrogen and oxygen atoms in total. The Morgan fingerprint density at radius 1 is 0.417 bits per heavy atom. The Labute approximate surface area is 272 Å². The predicted octanol–water partition coefficient (Wildman–Crippen LogP) is 6.68. The molecular weight excluding hydrogens is 592 g/mol. The molecule has 0 saturated heterocycles. The molecule has 4 aromatic rings. The van der Waals surface area contributed by atoms with Crippen molar-refractivity contribution >= 4 is 80.6 Å². The maximum Gasteiger partial charge on any atom is 0.149 e. The monoisotopic (exact) mass is 616 g/mol. The second-order valence-electron chi connectivity index (χ2n) is 12.3. The van der Waals surface area contributed by atoms with E-state index in [2.05, 4.69) is 106 Å². The average molecular weight is 617 g/mol. The topological polar surface area (TPSA) is 117 Å². The quantitative estimate of drug-likeness (QED) is 0.142. The first-order valence-electron chi connectivity index (χ1n) is 15.9. The molecule has 7 aliphatic rings. The van der Waals surface area contributed by atoms with Crippen molar-refractivity contribution in [2.45, 2.75) is 0 Å². The summed E-state index contributed by atoms with van der Waals surface area (Å²) in [5.74, 6) is 0. The Morgan fingerprint density at radius 3 is 1.38 bits per heavy atom. The minimum absolute atomic E-state index is 0.884. The number of nitrogens with zero attached hydrogens (tertiary/aromatic N) is 4. The lowest BCUT2D eigenvalue weighted by molar-refractivity contribution is 1.25. The van der Waals surface area contributed by atoms with Crippen LogP contribution in [0.15, 0.2) is 72.8 Å². The predicted molar refractivity (Wildman–Crippen MR) is 193 cm³/mol. The second kappa shape index (κ2) is 9.37. The highest BCUT2D eigenvalue weighted by Gasteiger charge is 2.26. The molecule has 4 N–H and O–H groups in total. The number of rotatable bonds is 0. The van der Waals surface area contributed by atoms with Gasteiger partial charge in [0.15, 0.2) is 0 Å². The zero-order chi connectivity index (χ0) is 31.3. The van der Waals surface area contributed by atoms with Crippen LogP contribution in [0, 0.1) is 12.8 Å². The SMILES string of the molecule is C1=Cc2nc1ccc1[nH]c(c3ccc([n-]3)c3c4c5ccc([n-]5)c5[nH]c(ccc6nc(c7ccc([nH]7)c-4c-3c3ccc2[nH]3)C=C6)=C[CH+]5)[CH+]C=1. The van der Waals surface area contributed by atoms with Gasteiger partial charge < -0.3 is 19.9 Å². The molecule has 0 unspecified atom stereocenters. The van der Waals surface area contributed by atoms with Crippen molar-refractivity contribution in [1.82, 2.24) is 39.9 Å². The molecule has 6 aliphatic heterocycles. The van der Waals surface area contributed by atoms with Gasteiger partial charge in [-0.25, -0.2) is 9.97 Å². The van der Waals surface area contributed by atoms with Gasteiger partial charge in [0.25, 0.3) is 0 Å². The van der Waals surface area contributed by atoms with E-state index in [1.165, 1.54) is 0 Å². The Kier molecular flexibility index (Phi) is 4.96. The van der Waals surface area contributed by atoms with Crippen LogP contribution in [0.25, 0.3) is 103 Å². The van der Waals surface area contributed by atoms with Crippen molar-refractivity contribution in [3.63, 3.8) is 0 Å². The molecule has 0 amide bonds. The Balaban J connectivity index is 1.33. The van der Waals surface area contributed by atoms with Gasteiger partial charge in [0.2, 0.25) is 0 Å². The number of hydrogen-bond donors (Lipinski definition) is 4. The zero-order valence-electron chi connectivity index (χ0n) is 25.3. The lowest BCUT2D eigenvalue weighted by Crippen LogP contribution is -2.01. The average Bonchev–Trinajstić information content (AvgIpc) is 3.91. The van der Waals surface area contributed by atoms with Crippen LogP contribution in [0.1, 0.15) is 34.2 Å². The summed E-state index contributed by atoms with van der Waals surface area (Å²) in [5.41, 5.74) is 17.2. The molecule has 0 spiro atoms. The van der Waals surface area contributed by atoms with Gasteiger partial charge >= 0.3 is 0 Å². The summed E-state index contributed by atoms with van der Waals surface area (Å²) in [6, 6.07) is 25.0. The summed E-state index contributed by atoms with van der Waals surface area (Å²) in [4.78, 5) is 34.7. The zero-order valence-corrected chi connectivity index (χ0v) is 25.3. The van der Waals surface area contributed by atoms with Crippen molar-refractivity contribution in [2.75, 3.05) is 0 Å². The molecule has 0 radical (unpaired) electrons. The van der Waals surface area contributed by atoms with Crippen molar-refractivity contribution in [1.29, 1.82) is 0 Å². The molecule has 48 heavy (non-hydrogen) atoms. The summed E-state index contributed by atoms with van der Waals surface area (Å²) in [5, 5.41) is 1.98. The van der Waals surface area contributed by atoms with E-state index in [0.717, 1.165) is 111 Å². The first kappa shape index (κ1) is 25.4. The van der Waals surface area contributed by atoms with Gasteiger partial charge in [-0.15, -0.1) is 11.0 Å². The minimum atomic E-state index is 0.884. The second-order valence-corrected chi connectivity index (χ2v) is 12.3. The highest BCUT2D eigenvalue weighted by atomic mass is 14.8. The van der Waals surface area contributed by atoms with E-state index < -0.39 is 0 Å². The molecule has 0 aromatic carbocycles. The van der Waals surface area contributed by atoms with Crippen LogP contribution < -0.4 is 20.7 Å². The molecule has 8 heteroatoms. The van der Waals surface area contributed by atoms with Crippen LogP contribution in [-0.4, -0.2) is 29.9 Å². The fraction of sp³-hybridized carbons (Fsp3) is 0. The van der Waals surface area contributed by atoms with E-state index in [4.69, 9.17) is 19.9 Å². The standard InChI is InChI=1S/C40H24N8/c1-2-22-6-10-26(42-22)30-14-18-34(46-30)38-37(33-17-13-29(45-33)25-9-5-21(1)41-25)39-35-19-15-31(47-35)27-11-7-23(43-27)3-4-24-8-12-28(44-24)32-16-20-36(48-32)40(38)39/h1-20,41,43,46,48H. The minimum Gasteiger partial charge on any atom is -0.596 e. The fourth-order valence-corrected chi connectivity index (χ4v) is 7.08. The number of nitrogens with one attached hydrogen (secondary N) is 4. The molecule has 10 heterocycles. The molecule has 4 aromatic heterocycles. The Morgan fingerprint density at radius 2 is 0.875 bits per heavy atom. The maximum atomic E-state index is 5.21. The van der Waals surface area contributed by atoms with E-state index >= 15 is 0 Å². The van der Waals surface area contributed by atoms with Gasteiger partial charge in [-0.2, -0.15) is 0 Å². The van der Waals surface area contributed by atoms with E-state index in [1.54, 1.807) is 0 Å². The summed E-state index contributed by atoms with van der Waals surface area (Å²) in [7, 11) is 0. The van der Waals surface area contributed by atoms with Gasteiger partial charge in [-0.05, 0) is 95.0 Å². The molecule has 0 saturated carbocycles. The number of aromatic amines is 4. The van der Waals surface area contributed by atoms with Crippen LogP contribution in [0.2, 0.25) is 0 Å². The lowest BCUT2D eigenvalue weighted by atomic mass is 9.80. The molecule has 16 bridgehead atoms. The van der Waals surface area contributed by atoms with Crippen LogP contribution in [-0.2, 0) is 0 Å². The van der Waals surface area contributed by atoms with Crippen molar-refractivity contribution in [3.05, 3.63) is 130 Å². The number of aromatic nitrogens is 8. The van der Waals surface area contributed by atoms with Gasteiger partial charge in [0.05, 0.1) is 58.8 Å². The van der Waals surface area contributed by atoms with Gasteiger partial charge in [0, 0.05) is 34.3 Å². The Hall–Kier alpha value is -6.80. The van der Waals surface area contributed by atoms with E-state index in [9.17, 15) is 0 Å². The van der Waals surface area contributed by atoms with E-state index in [-0.39, 0.29) is 0 Å². The number of hydrogen-bond acceptors (Lipinski definition) is 2. The number of H-pyrrole nitrogens is 4. The molecule has 0 fully saturated rings. The largest absolute Gasteiger partial charge is 0.596 e. The smallest absolute Gasteiger partial charge is 0.149 e. The molecule has 11 rings (SSSR count). The maximum absolute atomic E-state index is 5.21. The normalized spacial score (nSPS) is 13.5. The Bertz CT molecular complexity index is 2760. The van der Waals surface area contributed by atoms with Crippen molar-refractivity contribution in [2.24, 2.45) is 0 Å². The lowest BCUT2D eigenvalue weighted by Gasteiger charge is -2.28. The van der Waals surface area contributed by atoms with E-state index in [0.29, 0.717) is 0 Å². The van der Waals surface area contributed by atoms with Crippen molar-refractivity contribution < 1.29 is 0 Å². The van der Waals surface area contributed by atoms with E-state index in [1.807, 2.05) is 36.4 Å². The molecule has 0 atom stereocenters. The fourth-order valence-electron chi connectivity index (χ4n) is 7.08. The van der Waals surface area contributed by atoms with Crippen LogP contribution in [0.3, 0.4) is 0 Å². The third kappa shape index (κ3) is 3.77. The molecular formula is C40H24N8. The van der Waals surface area contributed by atoms with Crippen LogP contribution in [0.5, 0.6) is 0 Å². The summed E-state index contributed by atoms with van der Waals surface area (Å²) < 4.78 is 0. The third-order valence-corrected chi connectivity index (χ3v) is 9.41. The van der Waals surface area contributed by atoms with Gasteiger partial charge in [-0.1, -0.05) is 12.1 Å². The van der Waals surface area contributed by atoms with Crippen LogP contribution >= 0.6 is 0 Å². The first-order chi connectivity index (χ1) is 23.7. The van der Waals surface area contributed by atoms with Gasteiger partial charge in [-0.3, -0.25) is 9.97 Å². The molecule has 1 aliphatic carbocycles. The number of fused-ring (bicyclic) bond motifs is 28. The van der Waals surface area contributed by atoms with Gasteiger partial charge in [0.1, 0.15) is 22.1 Å². The molecule has 224 valence electrons. The highest BCUT2D eigenvalue weighted by Crippen LogP contribution is 2.53. The van der Waals surface area contributed by atoms with Crippen molar-refractivity contribution in [3.8, 4) is 22.3 Å². The third-order valence-electron chi connectivity index (χ3n) is 9.41. The highest BCUT2D eigenvalue weighted by molar-refractivity contribution is 6.21. The summed E-state index contributed by atoms with van der Waals surface area (Å²) in [6.45, 7) is 0. The summed E-state index contributed by atoms with van der Waals surface area (Å²) >= 11 is 0. The first-order valence-corrected chi connectivity index (χ1v) is 15.9.